The van der Waals surface area contributed by atoms with E-state index in [-0.39, 0.29) is 6.04 Å². The molecule has 0 bridgehead atoms. The Morgan fingerprint density at radius 3 is 3.00 bits per heavy atom. The molecule has 3 atom stereocenters. The third kappa shape index (κ3) is 1.02. The zero-order valence-corrected chi connectivity index (χ0v) is 7.66. The van der Waals surface area contributed by atoms with Gasteiger partial charge in [-0.1, -0.05) is 12.2 Å². The summed E-state index contributed by atoms with van der Waals surface area (Å²) < 4.78 is 0. The van der Waals surface area contributed by atoms with Gasteiger partial charge in [-0.05, 0) is 32.2 Å². The van der Waals surface area contributed by atoms with Crippen LogP contribution in [-0.4, -0.2) is 30.3 Å². The number of ketones is 1. The Kier molecular flexibility index (Phi) is 1.80. The molecule has 2 heteroatoms. The highest BCUT2D eigenvalue weighted by Gasteiger charge is 2.42. The van der Waals surface area contributed by atoms with E-state index >= 15 is 0 Å². The summed E-state index contributed by atoms with van der Waals surface area (Å²) in [6.45, 7) is 2.77. The molecule has 0 amide bonds. The van der Waals surface area contributed by atoms with Gasteiger partial charge in [0.1, 0.15) is 5.78 Å². The summed E-state index contributed by atoms with van der Waals surface area (Å²) in [5.74, 6) is 1.55. The molecule has 2 rings (SSSR count). The minimum Gasteiger partial charge on any atom is -0.298 e. The minimum absolute atomic E-state index is 0.185. The number of hydrogen-bond acceptors (Lipinski definition) is 2. The number of allylic oxidation sites excluding steroid dienone is 1. The molecule has 1 heterocycles. The number of rotatable bonds is 1. The number of hydrogen-bond donors (Lipinski definition) is 0. The number of nitrogens with zero attached hydrogens (tertiary/aromatic N) is 1. The van der Waals surface area contributed by atoms with E-state index in [2.05, 4.69) is 24.1 Å². The lowest BCUT2D eigenvalue weighted by Crippen LogP contribution is -2.35. The summed E-state index contributed by atoms with van der Waals surface area (Å²) in [5, 5.41) is 0. The standard InChI is InChI=1S/C10H15NO/c1-7(12)10-9-5-3-4-8(9)6-11(10)2/h3-4,8-10H,5-6H2,1-2H3/t8-,9-,10+/m0/s1. The Balaban J connectivity index is 2.19. The van der Waals surface area contributed by atoms with E-state index in [9.17, 15) is 4.79 Å². The molecule has 12 heavy (non-hydrogen) atoms. The lowest BCUT2D eigenvalue weighted by Gasteiger charge is -2.20. The van der Waals surface area contributed by atoms with Crippen LogP contribution in [0, 0.1) is 11.8 Å². The summed E-state index contributed by atoms with van der Waals surface area (Å²) in [7, 11) is 2.05. The number of likely N-dealkylation sites (tertiary alicyclic amines) is 1. The lowest BCUT2D eigenvalue weighted by atomic mass is 9.91. The first-order chi connectivity index (χ1) is 5.70. The predicted octanol–water partition coefficient (Wildman–Crippen LogP) is 1.08. The van der Waals surface area contributed by atoms with E-state index in [0.29, 0.717) is 17.6 Å². The van der Waals surface area contributed by atoms with E-state index in [1.165, 1.54) is 0 Å². The van der Waals surface area contributed by atoms with Crippen LogP contribution in [0.25, 0.3) is 0 Å². The molecule has 0 unspecified atom stereocenters. The molecule has 0 spiro atoms. The van der Waals surface area contributed by atoms with Gasteiger partial charge in [-0.2, -0.15) is 0 Å². The van der Waals surface area contributed by atoms with E-state index in [1.807, 2.05) is 0 Å². The molecule has 1 aliphatic heterocycles. The first-order valence-electron chi connectivity index (χ1n) is 4.57. The molecule has 0 aromatic heterocycles. The van der Waals surface area contributed by atoms with Crippen LogP contribution in [-0.2, 0) is 4.79 Å². The van der Waals surface area contributed by atoms with E-state index in [0.717, 1.165) is 13.0 Å². The van der Waals surface area contributed by atoms with Crippen LogP contribution in [0.4, 0.5) is 0 Å². The van der Waals surface area contributed by atoms with Crippen molar-refractivity contribution in [1.82, 2.24) is 4.90 Å². The summed E-state index contributed by atoms with van der Waals surface area (Å²) in [6.07, 6.45) is 5.58. The Morgan fingerprint density at radius 2 is 2.33 bits per heavy atom. The van der Waals surface area contributed by atoms with Crippen LogP contribution in [0.5, 0.6) is 0 Å². The van der Waals surface area contributed by atoms with E-state index < -0.39 is 0 Å². The van der Waals surface area contributed by atoms with E-state index in [1.54, 1.807) is 6.92 Å². The fraction of sp³-hybridized carbons (Fsp3) is 0.700. The van der Waals surface area contributed by atoms with Gasteiger partial charge in [0, 0.05) is 6.54 Å². The minimum atomic E-state index is 0.185. The highest BCUT2D eigenvalue weighted by Crippen LogP contribution is 2.37. The zero-order chi connectivity index (χ0) is 8.72. The number of fused-ring (bicyclic) bond motifs is 1. The van der Waals surface area contributed by atoms with Gasteiger partial charge in [0.05, 0.1) is 6.04 Å². The molecule has 2 nitrogen and oxygen atoms in total. The fourth-order valence-corrected chi connectivity index (χ4v) is 2.67. The lowest BCUT2D eigenvalue weighted by molar-refractivity contribution is -0.121. The van der Waals surface area contributed by atoms with Crippen molar-refractivity contribution in [2.45, 2.75) is 19.4 Å². The molecule has 0 aromatic carbocycles. The second kappa shape index (κ2) is 2.70. The maximum atomic E-state index is 11.3. The molecule has 1 aliphatic carbocycles. The third-order valence-corrected chi connectivity index (χ3v) is 3.14. The van der Waals surface area contributed by atoms with Crippen molar-refractivity contribution in [3.05, 3.63) is 12.2 Å². The second-order valence-corrected chi connectivity index (χ2v) is 3.99. The van der Waals surface area contributed by atoms with E-state index in [4.69, 9.17) is 0 Å². The van der Waals surface area contributed by atoms with Gasteiger partial charge in [0.2, 0.25) is 0 Å². The molecule has 2 aliphatic rings. The molecule has 0 saturated carbocycles. The topological polar surface area (TPSA) is 20.3 Å². The molecule has 66 valence electrons. The molecule has 0 aromatic rings. The SMILES string of the molecule is CC(=O)[C@@H]1[C@H]2CC=C[C@H]2CN1C. The van der Waals surface area contributed by atoms with Gasteiger partial charge < -0.3 is 0 Å². The summed E-state index contributed by atoms with van der Waals surface area (Å²) in [6, 6.07) is 0.185. The largest absolute Gasteiger partial charge is 0.298 e. The molecule has 0 radical (unpaired) electrons. The van der Waals surface area contributed by atoms with Crippen LogP contribution in [0.3, 0.4) is 0 Å². The quantitative estimate of drug-likeness (QED) is 0.542. The van der Waals surface area contributed by atoms with Gasteiger partial charge in [0.15, 0.2) is 0 Å². The van der Waals surface area contributed by atoms with Gasteiger partial charge in [0.25, 0.3) is 0 Å². The number of carbonyl (C=O) groups excluding carboxylic acids is 1. The molecular formula is C10H15NO. The van der Waals surface area contributed by atoms with Gasteiger partial charge in [-0.15, -0.1) is 0 Å². The molecule has 1 fully saturated rings. The monoisotopic (exact) mass is 165 g/mol. The third-order valence-electron chi connectivity index (χ3n) is 3.14. The van der Waals surface area contributed by atoms with Crippen LogP contribution < -0.4 is 0 Å². The van der Waals surface area contributed by atoms with Crippen molar-refractivity contribution in [3.63, 3.8) is 0 Å². The maximum Gasteiger partial charge on any atom is 0.147 e. The summed E-state index contributed by atoms with van der Waals surface area (Å²) in [5.41, 5.74) is 0. The van der Waals surface area contributed by atoms with Crippen molar-refractivity contribution in [3.8, 4) is 0 Å². The Hall–Kier alpha value is -0.630. The summed E-state index contributed by atoms with van der Waals surface area (Å²) >= 11 is 0. The molecule has 0 N–H and O–H groups in total. The fourth-order valence-electron chi connectivity index (χ4n) is 2.67. The van der Waals surface area contributed by atoms with Gasteiger partial charge in [-0.3, -0.25) is 9.69 Å². The molecular weight excluding hydrogens is 150 g/mol. The van der Waals surface area contributed by atoms with Gasteiger partial charge >= 0.3 is 0 Å². The zero-order valence-electron chi connectivity index (χ0n) is 7.66. The van der Waals surface area contributed by atoms with Crippen LogP contribution >= 0.6 is 0 Å². The number of Topliss-reactive ketones (excluding diaryl/α,β-unsaturated/α-hetero) is 1. The first-order valence-corrected chi connectivity index (χ1v) is 4.57. The second-order valence-electron chi connectivity index (χ2n) is 3.99. The number of carbonyl (C=O) groups is 1. The van der Waals surface area contributed by atoms with Crippen molar-refractivity contribution >= 4 is 5.78 Å². The highest BCUT2D eigenvalue weighted by atomic mass is 16.1. The Morgan fingerprint density at radius 1 is 1.58 bits per heavy atom. The normalized spacial score (nSPS) is 40.3. The predicted molar refractivity (Wildman–Crippen MR) is 47.8 cm³/mol. The van der Waals surface area contributed by atoms with Crippen molar-refractivity contribution < 1.29 is 4.79 Å². The van der Waals surface area contributed by atoms with Crippen LogP contribution in [0.15, 0.2) is 12.2 Å². The van der Waals surface area contributed by atoms with Gasteiger partial charge in [-0.25, -0.2) is 0 Å². The number of likely N-dealkylation sites (N-methyl/N-ethyl adjacent to an activating group) is 1. The average Bonchev–Trinajstić information content (AvgIpc) is 2.44. The molecule has 1 saturated heterocycles. The summed E-state index contributed by atoms with van der Waals surface area (Å²) in [4.78, 5) is 13.5. The first kappa shape index (κ1) is 7.99. The maximum absolute atomic E-state index is 11.3. The smallest absolute Gasteiger partial charge is 0.147 e. The van der Waals surface area contributed by atoms with Crippen molar-refractivity contribution in [2.24, 2.45) is 11.8 Å². The Bertz CT molecular complexity index is 234. The highest BCUT2D eigenvalue weighted by molar-refractivity contribution is 5.82. The Labute approximate surface area is 73.2 Å². The average molecular weight is 165 g/mol. The van der Waals surface area contributed by atoms with Crippen molar-refractivity contribution in [1.29, 1.82) is 0 Å². The van der Waals surface area contributed by atoms with Crippen LogP contribution in [0.1, 0.15) is 13.3 Å². The van der Waals surface area contributed by atoms with Crippen LogP contribution in [0.2, 0.25) is 0 Å². The van der Waals surface area contributed by atoms with Crippen molar-refractivity contribution in [2.75, 3.05) is 13.6 Å².